The van der Waals surface area contributed by atoms with Gasteiger partial charge in [0.15, 0.2) is 5.71 Å². The van der Waals surface area contributed by atoms with Crippen LogP contribution in [0, 0.1) is 5.92 Å². The molecule has 5 rings (SSSR count). The van der Waals surface area contributed by atoms with E-state index in [9.17, 15) is 18.0 Å². The van der Waals surface area contributed by atoms with Gasteiger partial charge in [-0.05, 0) is 49.8 Å². The smallest absolute Gasteiger partial charge is 0.374 e. The van der Waals surface area contributed by atoms with E-state index in [4.69, 9.17) is 0 Å². The molecule has 5 nitrogen and oxygen atoms in total. The van der Waals surface area contributed by atoms with Crippen molar-refractivity contribution in [1.82, 2.24) is 9.88 Å². The second-order valence-electron chi connectivity index (χ2n) is 8.61. The van der Waals surface area contributed by atoms with Crippen LogP contribution >= 0.6 is 11.3 Å². The number of nitrogens with zero attached hydrogens (tertiary/aromatic N) is 4. The number of carbonyl (C=O) groups is 1. The van der Waals surface area contributed by atoms with Crippen molar-refractivity contribution >= 4 is 38.3 Å². The second kappa shape index (κ2) is 8.87. The van der Waals surface area contributed by atoms with Crippen LogP contribution < -0.4 is 5.01 Å². The van der Waals surface area contributed by atoms with Crippen molar-refractivity contribution in [3.8, 4) is 0 Å². The normalized spacial score (nSPS) is 19.2. The van der Waals surface area contributed by atoms with Crippen LogP contribution in [0.5, 0.6) is 0 Å². The molecule has 0 radical (unpaired) electrons. The third-order valence-corrected chi connectivity index (χ3v) is 7.41. The molecule has 0 atom stereocenters. The van der Waals surface area contributed by atoms with Crippen molar-refractivity contribution in [1.29, 1.82) is 0 Å². The Morgan fingerprint density at radius 3 is 2.41 bits per heavy atom. The van der Waals surface area contributed by atoms with E-state index in [0.29, 0.717) is 30.2 Å². The summed E-state index contributed by atoms with van der Waals surface area (Å²) >= 11 is 1.14. The van der Waals surface area contributed by atoms with Crippen molar-refractivity contribution in [3.05, 3.63) is 71.4 Å². The summed E-state index contributed by atoms with van der Waals surface area (Å²) in [5.41, 5.74) is 0.672. The van der Waals surface area contributed by atoms with Crippen molar-refractivity contribution in [2.75, 3.05) is 18.1 Å². The number of alkyl halides is 3. The SMILES string of the molecule is CC(=C1C(=O)N(c2nc3ccccc3s2)N=C1C(F)(F)F)N1CCC(Cc2ccccc2)CC1. The average Bonchev–Trinajstić information content (AvgIpc) is 3.40. The lowest BCUT2D eigenvalue weighted by atomic mass is 9.89. The second-order valence-corrected chi connectivity index (χ2v) is 9.62. The molecule has 1 saturated heterocycles. The highest BCUT2D eigenvalue weighted by Crippen LogP contribution is 2.37. The van der Waals surface area contributed by atoms with Gasteiger partial charge in [0, 0.05) is 18.8 Å². The molecule has 1 amide bonds. The third kappa shape index (κ3) is 4.32. The summed E-state index contributed by atoms with van der Waals surface area (Å²) in [6.07, 6.45) is -2.09. The number of halogens is 3. The number of aromatic nitrogens is 1. The number of hydrogen-bond acceptors (Lipinski definition) is 5. The molecule has 1 aromatic heterocycles. The molecule has 0 spiro atoms. The van der Waals surface area contributed by atoms with Crippen LogP contribution in [0.4, 0.5) is 18.3 Å². The fraction of sp³-hybridized carbons (Fsp3) is 0.320. The fourth-order valence-electron chi connectivity index (χ4n) is 4.59. The van der Waals surface area contributed by atoms with Crippen LogP contribution in [-0.4, -0.2) is 40.8 Å². The van der Waals surface area contributed by atoms with Crippen molar-refractivity contribution in [2.24, 2.45) is 11.0 Å². The Labute approximate surface area is 199 Å². The highest BCUT2D eigenvalue weighted by atomic mass is 32.1. The Kier molecular flexibility index (Phi) is 5.89. The molecule has 0 bridgehead atoms. The summed E-state index contributed by atoms with van der Waals surface area (Å²) < 4.78 is 42.6. The zero-order valence-electron chi connectivity index (χ0n) is 18.5. The maximum atomic E-state index is 13.9. The lowest BCUT2D eigenvalue weighted by Gasteiger charge is -2.35. The summed E-state index contributed by atoms with van der Waals surface area (Å²) in [7, 11) is 0. The lowest BCUT2D eigenvalue weighted by Crippen LogP contribution is -2.36. The maximum Gasteiger partial charge on any atom is 0.436 e. The van der Waals surface area contributed by atoms with E-state index < -0.39 is 17.8 Å². The van der Waals surface area contributed by atoms with E-state index in [-0.39, 0.29) is 10.7 Å². The minimum absolute atomic E-state index is 0.136. The number of hydrogen-bond donors (Lipinski definition) is 0. The molecular weight excluding hydrogens is 461 g/mol. The Bertz CT molecular complexity index is 1240. The first-order valence-corrected chi connectivity index (χ1v) is 12.0. The highest BCUT2D eigenvalue weighted by molar-refractivity contribution is 7.22. The van der Waals surface area contributed by atoms with Crippen LogP contribution in [-0.2, 0) is 11.2 Å². The molecule has 9 heteroatoms. The van der Waals surface area contributed by atoms with Gasteiger partial charge >= 0.3 is 6.18 Å². The van der Waals surface area contributed by atoms with E-state index >= 15 is 0 Å². The van der Waals surface area contributed by atoms with Gasteiger partial charge in [-0.25, -0.2) is 4.98 Å². The molecule has 2 aromatic carbocycles. The van der Waals surface area contributed by atoms with Crippen LogP contribution in [0.2, 0.25) is 0 Å². The van der Waals surface area contributed by atoms with Crippen LogP contribution in [0.3, 0.4) is 0 Å². The van der Waals surface area contributed by atoms with Crippen LogP contribution in [0.15, 0.2) is 71.0 Å². The van der Waals surface area contributed by atoms with Gasteiger partial charge in [0.05, 0.1) is 15.8 Å². The molecule has 176 valence electrons. The minimum atomic E-state index is -4.75. The van der Waals surface area contributed by atoms with Gasteiger partial charge in [-0.3, -0.25) is 4.79 Å². The number of fused-ring (bicyclic) bond motifs is 1. The topological polar surface area (TPSA) is 48.8 Å². The van der Waals surface area contributed by atoms with E-state index in [0.717, 1.165) is 40.3 Å². The molecule has 0 N–H and O–H groups in total. The Morgan fingerprint density at radius 1 is 1.06 bits per heavy atom. The number of thiazole rings is 1. The zero-order chi connectivity index (χ0) is 23.9. The number of hydrazone groups is 1. The number of benzene rings is 2. The predicted octanol–water partition coefficient (Wildman–Crippen LogP) is 5.79. The van der Waals surface area contributed by atoms with Crippen LogP contribution in [0.1, 0.15) is 25.3 Å². The highest BCUT2D eigenvalue weighted by Gasteiger charge is 2.49. The molecule has 0 aliphatic carbocycles. The van der Waals surface area contributed by atoms with E-state index in [1.807, 2.05) is 35.2 Å². The summed E-state index contributed by atoms with van der Waals surface area (Å²) in [6, 6.07) is 17.4. The van der Waals surface area contributed by atoms with Gasteiger partial charge < -0.3 is 4.90 Å². The first-order valence-electron chi connectivity index (χ1n) is 11.2. The molecule has 0 unspecified atom stereocenters. The molecule has 3 aromatic rings. The standard InChI is InChI=1S/C25H23F3N4OS/c1-16(31-13-11-18(12-14-31)15-17-7-3-2-4-8-17)21-22(25(26,27)28)30-32(23(21)33)24-29-19-9-5-6-10-20(19)34-24/h2-10,18H,11-15H2,1H3. The monoisotopic (exact) mass is 484 g/mol. The predicted molar refractivity (Wildman–Crippen MR) is 128 cm³/mol. The van der Waals surface area contributed by atoms with E-state index in [1.165, 1.54) is 5.56 Å². The fourth-order valence-corrected chi connectivity index (χ4v) is 5.50. The average molecular weight is 485 g/mol. The number of rotatable bonds is 4. The Hall–Kier alpha value is -3.20. The number of anilines is 1. The maximum absolute atomic E-state index is 13.9. The van der Waals surface area contributed by atoms with Gasteiger partial charge in [-0.15, -0.1) is 0 Å². The zero-order valence-corrected chi connectivity index (χ0v) is 19.4. The number of carbonyl (C=O) groups excluding carboxylic acids is 1. The molecule has 2 aliphatic rings. The van der Waals surface area contributed by atoms with Gasteiger partial charge in [-0.1, -0.05) is 53.8 Å². The first kappa shape index (κ1) is 22.6. The quantitative estimate of drug-likeness (QED) is 0.441. The Morgan fingerprint density at radius 2 is 1.74 bits per heavy atom. The molecule has 2 aliphatic heterocycles. The van der Waals surface area contributed by atoms with Crippen molar-refractivity contribution in [2.45, 2.75) is 32.4 Å². The lowest BCUT2D eigenvalue weighted by molar-refractivity contribution is -0.114. The van der Waals surface area contributed by atoms with E-state index in [2.05, 4.69) is 22.2 Å². The number of likely N-dealkylation sites (tertiary alicyclic amines) is 1. The number of amides is 1. The summed E-state index contributed by atoms with van der Waals surface area (Å²) in [6.45, 7) is 2.80. The number of para-hydroxylation sites is 1. The Balaban J connectivity index is 1.39. The van der Waals surface area contributed by atoms with Crippen molar-refractivity contribution in [3.63, 3.8) is 0 Å². The van der Waals surface area contributed by atoms with Crippen LogP contribution in [0.25, 0.3) is 10.2 Å². The summed E-state index contributed by atoms with van der Waals surface area (Å²) in [4.78, 5) is 19.4. The first-order chi connectivity index (χ1) is 16.3. The molecular formula is C25H23F3N4OS. The minimum Gasteiger partial charge on any atom is -0.374 e. The largest absolute Gasteiger partial charge is 0.436 e. The molecule has 0 saturated carbocycles. The summed E-state index contributed by atoms with van der Waals surface area (Å²) in [5.74, 6) is -0.318. The van der Waals surface area contributed by atoms with Gasteiger partial charge in [0.25, 0.3) is 5.91 Å². The summed E-state index contributed by atoms with van der Waals surface area (Å²) in [5, 5.41) is 4.65. The van der Waals surface area contributed by atoms with Gasteiger partial charge in [-0.2, -0.15) is 23.3 Å². The number of piperidine rings is 1. The molecule has 34 heavy (non-hydrogen) atoms. The third-order valence-electron chi connectivity index (χ3n) is 6.39. The van der Waals surface area contributed by atoms with Gasteiger partial charge in [0.1, 0.15) is 0 Å². The van der Waals surface area contributed by atoms with Gasteiger partial charge in [0.2, 0.25) is 5.13 Å². The molecule has 3 heterocycles. The number of allylic oxidation sites excluding steroid dienone is 1. The molecule has 1 fully saturated rings. The van der Waals surface area contributed by atoms with Crippen molar-refractivity contribution < 1.29 is 18.0 Å². The van der Waals surface area contributed by atoms with E-state index in [1.54, 1.807) is 19.1 Å².